The van der Waals surface area contributed by atoms with Crippen molar-refractivity contribution in [2.45, 2.75) is 138 Å². The molecular weight excluding hydrogens is 851 g/mol. The van der Waals surface area contributed by atoms with E-state index >= 15 is 9.59 Å². The molecule has 17 nitrogen and oxygen atoms in total. The Labute approximate surface area is 388 Å². The molecule has 8 N–H and O–H groups in total. The number of carbonyl (C=O) groups excluding carboxylic acids is 6. The predicted molar refractivity (Wildman–Crippen MR) is 250 cm³/mol. The summed E-state index contributed by atoms with van der Waals surface area (Å²) in [6.45, 7) is 1.08. The fraction of sp³-hybridized carbons (Fsp3) is 0.500. The van der Waals surface area contributed by atoms with Crippen LogP contribution in [0.15, 0.2) is 73.4 Å². The summed E-state index contributed by atoms with van der Waals surface area (Å²) in [7, 11) is 0. The number of fused-ring (bicyclic) bond motifs is 6. The van der Waals surface area contributed by atoms with E-state index in [1.807, 2.05) is 60.9 Å². The van der Waals surface area contributed by atoms with Gasteiger partial charge in [0, 0.05) is 72.4 Å². The lowest BCUT2D eigenvalue weighted by Gasteiger charge is -2.38. The zero-order chi connectivity index (χ0) is 46.1. The monoisotopic (exact) mass is 911 g/mol. The van der Waals surface area contributed by atoms with Crippen molar-refractivity contribution in [1.29, 1.82) is 0 Å². The fourth-order valence-corrected chi connectivity index (χ4v) is 11.8. The van der Waals surface area contributed by atoms with Gasteiger partial charge in [-0.15, -0.1) is 0 Å². The first-order valence-electron chi connectivity index (χ1n) is 24.3. The molecule has 67 heavy (non-hydrogen) atoms. The second-order valence-corrected chi connectivity index (χ2v) is 19.4. The number of H-pyrrole nitrogens is 3. The molecule has 352 valence electrons. The van der Waals surface area contributed by atoms with Crippen molar-refractivity contribution in [2.75, 3.05) is 13.1 Å². The lowest BCUT2D eigenvalue weighted by Crippen LogP contribution is -2.65. The summed E-state index contributed by atoms with van der Waals surface area (Å²) in [6, 6.07) is 10.3. The Morgan fingerprint density at radius 1 is 0.672 bits per heavy atom. The predicted octanol–water partition coefficient (Wildman–Crippen LogP) is 3.39. The number of para-hydroxylation sites is 2. The number of imidazole rings is 1. The van der Waals surface area contributed by atoms with Crippen LogP contribution in [0.4, 0.5) is 0 Å². The van der Waals surface area contributed by atoms with Gasteiger partial charge in [-0.25, -0.2) is 4.98 Å². The number of benzene rings is 2. The molecule has 3 saturated heterocycles. The highest BCUT2D eigenvalue weighted by atomic mass is 16.2. The van der Waals surface area contributed by atoms with Gasteiger partial charge in [0.2, 0.25) is 35.4 Å². The van der Waals surface area contributed by atoms with Gasteiger partial charge < -0.3 is 51.3 Å². The second-order valence-electron chi connectivity index (χ2n) is 19.4. The van der Waals surface area contributed by atoms with E-state index in [0.29, 0.717) is 64.6 Å². The summed E-state index contributed by atoms with van der Waals surface area (Å²) in [5.41, 5.74) is 2.76. The maximum atomic E-state index is 15.2. The number of nitrogens with zero attached hydrogens (tertiary/aromatic N) is 3. The summed E-state index contributed by atoms with van der Waals surface area (Å²) in [6.07, 6.45) is 14.4. The van der Waals surface area contributed by atoms with Crippen LogP contribution in [0.3, 0.4) is 0 Å². The molecule has 1 spiro atoms. The molecule has 2 aromatic carbocycles. The van der Waals surface area contributed by atoms with E-state index < -0.39 is 59.4 Å². The van der Waals surface area contributed by atoms with Gasteiger partial charge in [0.15, 0.2) is 0 Å². The van der Waals surface area contributed by atoms with Crippen LogP contribution in [0.5, 0.6) is 0 Å². The molecule has 5 aromatic rings. The van der Waals surface area contributed by atoms with Crippen LogP contribution in [0.1, 0.15) is 93.9 Å². The van der Waals surface area contributed by atoms with E-state index in [-0.39, 0.29) is 43.0 Å². The number of carbonyl (C=O) groups is 6. The summed E-state index contributed by atoms with van der Waals surface area (Å²) in [5, 5.41) is 17.5. The topological polar surface area (TPSA) is 229 Å². The molecule has 6 heterocycles. The van der Waals surface area contributed by atoms with Gasteiger partial charge in [-0.1, -0.05) is 62.1 Å². The van der Waals surface area contributed by atoms with E-state index in [2.05, 4.69) is 46.5 Å². The Bertz CT molecular complexity index is 2630. The Hall–Kier alpha value is -6.49. The van der Waals surface area contributed by atoms with Crippen LogP contribution in [0.25, 0.3) is 21.8 Å². The Kier molecular flexibility index (Phi) is 12.6. The molecule has 3 aromatic heterocycles. The van der Waals surface area contributed by atoms with Crippen LogP contribution < -0.4 is 26.6 Å². The minimum atomic E-state index is -1.39. The Balaban J connectivity index is 1.03. The average Bonchev–Trinajstić information content (AvgIpc) is 4.21. The molecule has 17 heteroatoms. The van der Waals surface area contributed by atoms with Crippen LogP contribution in [0, 0.1) is 5.92 Å². The zero-order valence-corrected chi connectivity index (χ0v) is 37.8. The normalized spacial score (nSPS) is 27.3. The van der Waals surface area contributed by atoms with Gasteiger partial charge in [-0.3, -0.25) is 28.8 Å². The molecule has 3 aliphatic heterocycles. The van der Waals surface area contributed by atoms with Gasteiger partial charge >= 0.3 is 0 Å². The summed E-state index contributed by atoms with van der Waals surface area (Å²) in [5.74, 6) is -2.55. The molecular formula is C50H61N11O6. The van der Waals surface area contributed by atoms with Crippen molar-refractivity contribution in [3.63, 3.8) is 0 Å². The van der Waals surface area contributed by atoms with Crippen LogP contribution in [-0.2, 0) is 48.2 Å². The van der Waals surface area contributed by atoms with Gasteiger partial charge in [0.05, 0.1) is 12.0 Å². The van der Waals surface area contributed by atoms with Crippen molar-refractivity contribution in [1.82, 2.24) is 56.3 Å². The van der Waals surface area contributed by atoms with E-state index in [4.69, 9.17) is 0 Å². The molecule has 2 aliphatic carbocycles. The van der Waals surface area contributed by atoms with E-state index in [9.17, 15) is 19.2 Å². The Morgan fingerprint density at radius 2 is 1.34 bits per heavy atom. The minimum absolute atomic E-state index is 0.0902. The number of nitrogens with one attached hydrogen (secondary N) is 8. The quantitative estimate of drug-likeness (QED) is 0.102. The zero-order valence-electron chi connectivity index (χ0n) is 37.8. The molecule has 5 aliphatic rings. The Morgan fingerprint density at radius 3 is 2.04 bits per heavy atom. The first-order chi connectivity index (χ1) is 32.7. The standard InChI is InChI=1S/C50H61N11O6/c62-44-39(22-31-25-53-36-13-4-2-11-34(31)36)58-49(67)50(18-7-8-19-50)59-45(63)40(23-32-26-54-37-14-5-3-12-35(32)37)57-46(64)43-24-30-10-1-6-15-41(30)61(43)48(66)42-16-9-21-60(42)47(65)38(56-44)17-20-51-27-33-28-52-29-55-33/h2-5,11-14,25-26,28-30,38-43,51,53-54H,1,6-10,15-24,27H2,(H,52,55)(H,56,62)(H,57,64)(H,58,67)(H,59,63)/t30-,38-,39-,40-,41-,42+,43-/m0/s1. The second kappa shape index (κ2) is 19.0. The molecule has 0 bridgehead atoms. The van der Waals surface area contributed by atoms with Crippen LogP contribution in [0.2, 0.25) is 0 Å². The van der Waals surface area contributed by atoms with Gasteiger partial charge in [-0.2, -0.15) is 0 Å². The highest BCUT2D eigenvalue weighted by molar-refractivity contribution is 6.00. The van der Waals surface area contributed by atoms with Crippen molar-refractivity contribution in [2.24, 2.45) is 5.92 Å². The van der Waals surface area contributed by atoms with Gasteiger partial charge in [0.25, 0.3) is 0 Å². The summed E-state index contributed by atoms with van der Waals surface area (Å²) < 4.78 is 0. The first-order valence-corrected chi connectivity index (χ1v) is 24.3. The van der Waals surface area contributed by atoms with Gasteiger partial charge in [0.1, 0.15) is 35.7 Å². The third kappa shape index (κ3) is 8.92. The SMILES string of the molecule is O=C1NC2(CCCC2)C(=O)N[C@@H](Cc2c[nH]c3ccccc23)C(=O)N[C@@H](CCNCc2c[nH]cn2)C(=O)N2CCC[C@@H]2C(=O)N2[C@@H](C[C@@H]3CCCC[C@@H]32)C(=O)N[C@H]1Cc1c[nH]c2ccccc12. The van der Waals surface area contributed by atoms with Crippen molar-refractivity contribution < 1.29 is 28.8 Å². The van der Waals surface area contributed by atoms with E-state index in [1.165, 1.54) is 0 Å². The number of aromatic amines is 3. The van der Waals surface area contributed by atoms with Crippen molar-refractivity contribution >= 4 is 57.2 Å². The smallest absolute Gasteiger partial charge is 0.246 e. The molecule has 2 saturated carbocycles. The number of amides is 6. The van der Waals surface area contributed by atoms with E-state index in [0.717, 1.165) is 64.3 Å². The minimum Gasteiger partial charge on any atom is -0.361 e. The largest absolute Gasteiger partial charge is 0.361 e. The van der Waals surface area contributed by atoms with Crippen LogP contribution in [-0.4, -0.2) is 120 Å². The lowest BCUT2D eigenvalue weighted by atomic mass is 9.84. The number of aromatic nitrogens is 4. The molecule has 0 radical (unpaired) electrons. The highest BCUT2D eigenvalue weighted by Gasteiger charge is 2.52. The van der Waals surface area contributed by atoms with Crippen molar-refractivity contribution in [3.05, 3.63) is 90.3 Å². The lowest BCUT2D eigenvalue weighted by molar-refractivity contribution is -0.150. The highest BCUT2D eigenvalue weighted by Crippen LogP contribution is 2.41. The first kappa shape index (κ1) is 44.4. The van der Waals surface area contributed by atoms with Crippen LogP contribution >= 0.6 is 0 Å². The number of rotatable bonds is 9. The molecule has 0 unspecified atom stereocenters. The molecule has 10 rings (SSSR count). The van der Waals surface area contributed by atoms with Gasteiger partial charge in [-0.05, 0) is 87.1 Å². The summed E-state index contributed by atoms with van der Waals surface area (Å²) >= 11 is 0. The third-order valence-electron chi connectivity index (χ3n) is 15.3. The fourth-order valence-electron chi connectivity index (χ4n) is 11.8. The molecule has 7 atom stereocenters. The molecule has 5 fully saturated rings. The maximum absolute atomic E-state index is 15.2. The van der Waals surface area contributed by atoms with Crippen molar-refractivity contribution in [3.8, 4) is 0 Å². The maximum Gasteiger partial charge on any atom is 0.246 e. The number of hydrogen-bond donors (Lipinski definition) is 8. The third-order valence-corrected chi connectivity index (χ3v) is 15.3. The average molecular weight is 912 g/mol. The molecule has 6 amide bonds. The van der Waals surface area contributed by atoms with E-state index in [1.54, 1.807) is 22.3 Å². The number of hydrogen-bond acceptors (Lipinski definition) is 8. The summed E-state index contributed by atoms with van der Waals surface area (Å²) in [4.78, 5) is 107.